The predicted molar refractivity (Wildman–Crippen MR) is 120 cm³/mol. The van der Waals surface area contributed by atoms with E-state index in [1.54, 1.807) is 7.11 Å². The van der Waals surface area contributed by atoms with Gasteiger partial charge in [-0.2, -0.15) is 0 Å². The average molecular weight is 409 g/mol. The topological polar surface area (TPSA) is 58.6 Å². The van der Waals surface area contributed by atoms with Crippen molar-refractivity contribution in [1.29, 1.82) is 0 Å². The highest BCUT2D eigenvalue weighted by atomic mass is 16.5. The van der Waals surface area contributed by atoms with Crippen molar-refractivity contribution in [1.82, 2.24) is 10.2 Å². The molecule has 1 fully saturated rings. The normalized spacial score (nSPS) is 18.1. The maximum Gasteiger partial charge on any atom is 0.253 e. The summed E-state index contributed by atoms with van der Waals surface area (Å²) in [5.41, 5.74) is 4.06. The van der Waals surface area contributed by atoms with Gasteiger partial charge in [-0.05, 0) is 73.1 Å². The summed E-state index contributed by atoms with van der Waals surface area (Å²) in [4.78, 5) is 26.3. The second-order valence-electron chi connectivity index (χ2n) is 8.16. The lowest BCUT2D eigenvalue weighted by Crippen LogP contribution is -2.36. The molecule has 5 nitrogen and oxygen atoms in total. The fourth-order valence-electron chi connectivity index (χ4n) is 4.22. The van der Waals surface area contributed by atoms with Crippen LogP contribution in [-0.2, 0) is 4.79 Å². The van der Waals surface area contributed by atoms with Crippen LogP contribution in [0.15, 0.2) is 42.5 Å². The molecule has 3 rings (SSSR count). The van der Waals surface area contributed by atoms with Crippen LogP contribution in [0.25, 0.3) is 11.1 Å². The largest absolute Gasteiger partial charge is 0.497 e. The Kier molecular flexibility index (Phi) is 7.14. The summed E-state index contributed by atoms with van der Waals surface area (Å²) in [6.07, 6.45) is 3.48. The van der Waals surface area contributed by atoms with Gasteiger partial charge in [-0.15, -0.1) is 0 Å². The Morgan fingerprint density at radius 3 is 2.50 bits per heavy atom. The van der Waals surface area contributed by atoms with Crippen LogP contribution in [-0.4, -0.2) is 43.5 Å². The van der Waals surface area contributed by atoms with Crippen LogP contribution in [0.4, 0.5) is 0 Å². The van der Waals surface area contributed by atoms with E-state index < -0.39 is 0 Å². The van der Waals surface area contributed by atoms with Crippen LogP contribution in [0.1, 0.15) is 48.5 Å². The Balaban J connectivity index is 1.62. The molecule has 160 valence electrons. The van der Waals surface area contributed by atoms with Gasteiger partial charge in [-0.1, -0.05) is 25.1 Å². The highest BCUT2D eigenvalue weighted by molar-refractivity contribution is 5.94. The molecule has 1 aliphatic rings. The molecule has 2 unspecified atom stereocenters. The van der Waals surface area contributed by atoms with E-state index in [1.807, 2.05) is 61.3 Å². The number of benzene rings is 2. The number of amides is 2. The first-order chi connectivity index (χ1) is 14.4. The van der Waals surface area contributed by atoms with E-state index in [4.69, 9.17) is 4.74 Å². The number of carbonyl (C=O) groups excluding carboxylic acids is 2. The van der Waals surface area contributed by atoms with Gasteiger partial charge in [-0.25, -0.2) is 0 Å². The molecule has 0 radical (unpaired) electrons. The van der Waals surface area contributed by atoms with Crippen LogP contribution in [0.5, 0.6) is 5.75 Å². The van der Waals surface area contributed by atoms with Gasteiger partial charge < -0.3 is 15.0 Å². The Labute approximate surface area is 179 Å². The summed E-state index contributed by atoms with van der Waals surface area (Å²) in [7, 11) is 3.56. The van der Waals surface area contributed by atoms with Crippen molar-refractivity contribution in [2.75, 3.05) is 20.7 Å². The Hall–Kier alpha value is -2.82. The molecule has 0 bridgehead atoms. The number of ether oxygens (including phenoxy) is 1. The highest BCUT2D eigenvalue weighted by Gasteiger charge is 2.30. The minimum Gasteiger partial charge on any atom is -0.497 e. The van der Waals surface area contributed by atoms with Crippen molar-refractivity contribution in [3.8, 4) is 16.9 Å². The minimum atomic E-state index is 0.0521. The van der Waals surface area contributed by atoms with Gasteiger partial charge in [-0.3, -0.25) is 9.59 Å². The van der Waals surface area contributed by atoms with Crippen molar-refractivity contribution >= 4 is 11.8 Å². The molecule has 2 amide bonds. The molecule has 0 heterocycles. The van der Waals surface area contributed by atoms with Gasteiger partial charge in [0.05, 0.1) is 7.11 Å². The third-order valence-corrected chi connectivity index (χ3v) is 6.17. The first-order valence-corrected chi connectivity index (χ1v) is 10.7. The van der Waals surface area contributed by atoms with Crippen LogP contribution in [0.2, 0.25) is 0 Å². The molecule has 1 N–H and O–H groups in total. The molecule has 1 aliphatic carbocycles. The minimum absolute atomic E-state index is 0.0521. The summed E-state index contributed by atoms with van der Waals surface area (Å²) in [5.74, 6) is 1.43. The molecule has 0 saturated heterocycles. The van der Waals surface area contributed by atoms with Crippen molar-refractivity contribution < 1.29 is 14.3 Å². The number of hydrogen-bond acceptors (Lipinski definition) is 3. The molecule has 0 spiro atoms. The number of nitrogens with zero attached hydrogens (tertiary/aromatic N) is 1. The second-order valence-corrected chi connectivity index (χ2v) is 8.16. The quantitative estimate of drug-likeness (QED) is 0.737. The smallest absolute Gasteiger partial charge is 0.253 e. The molecule has 5 heteroatoms. The zero-order chi connectivity index (χ0) is 21.7. The van der Waals surface area contributed by atoms with Crippen LogP contribution in [0, 0.1) is 12.8 Å². The second kappa shape index (κ2) is 9.79. The van der Waals surface area contributed by atoms with Crippen LogP contribution in [0.3, 0.4) is 0 Å². The van der Waals surface area contributed by atoms with E-state index in [2.05, 4.69) is 12.2 Å². The van der Waals surface area contributed by atoms with E-state index >= 15 is 0 Å². The van der Waals surface area contributed by atoms with E-state index in [0.29, 0.717) is 24.4 Å². The van der Waals surface area contributed by atoms with Gasteiger partial charge in [0.2, 0.25) is 5.91 Å². The van der Waals surface area contributed by atoms with E-state index in [-0.39, 0.29) is 17.9 Å². The molecule has 0 aliphatic heterocycles. The summed E-state index contributed by atoms with van der Waals surface area (Å²) >= 11 is 0. The first kappa shape index (κ1) is 21.9. The lowest BCUT2D eigenvalue weighted by atomic mass is 9.99. The van der Waals surface area contributed by atoms with Crippen molar-refractivity contribution in [2.45, 2.75) is 45.6 Å². The molecule has 2 atom stereocenters. The SMILES string of the molecule is CCC(=O)NCC1CCC(N(C)C(=O)c2ccc(-c3ccc(OC)cc3C)cc2)C1. The van der Waals surface area contributed by atoms with Crippen LogP contribution < -0.4 is 10.1 Å². The zero-order valence-corrected chi connectivity index (χ0v) is 18.4. The molecular formula is C25H32N2O3. The fraction of sp³-hybridized carbons (Fsp3) is 0.440. The first-order valence-electron chi connectivity index (χ1n) is 10.7. The van der Waals surface area contributed by atoms with Crippen molar-refractivity contribution in [3.05, 3.63) is 53.6 Å². The summed E-state index contributed by atoms with van der Waals surface area (Å²) in [6, 6.07) is 14.1. The number of aryl methyl sites for hydroxylation is 1. The molecule has 2 aromatic carbocycles. The van der Waals surface area contributed by atoms with Gasteiger partial charge in [0.15, 0.2) is 0 Å². The average Bonchev–Trinajstić information content (AvgIpc) is 3.25. The van der Waals surface area contributed by atoms with E-state index in [9.17, 15) is 9.59 Å². The lowest BCUT2D eigenvalue weighted by Gasteiger charge is -2.25. The van der Waals surface area contributed by atoms with Crippen LogP contribution >= 0.6 is 0 Å². The monoisotopic (exact) mass is 408 g/mol. The Bertz CT molecular complexity index is 892. The summed E-state index contributed by atoms with van der Waals surface area (Å²) in [5, 5.41) is 2.98. The fourth-order valence-corrected chi connectivity index (χ4v) is 4.22. The number of hydrogen-bond donors (Lipinski definition) is 1. The summed E-state index contributed by atoms with van der Waals surface area (Å²) < 4.78 is 5.28. The van der Waals surface area contributed by atoms with E-state index in [1.165, 1.54) is 0 Å². The van der Waals surface area contributed by atoms with Gasteiger partial charge >= 0.3 is 0 Å². The standard InChI is InChI=1S/C25H32N2O3/c1-5-24(28)26-16-18-6-11-21(15-18)27(3)25(29)20-9-7-19(8-10-20)23-13-12-22(30-4)14-17(23)2/h7-10,12-14,18,21H,5-6,11,15-16H2,1-4H3,(H,26,28). The maximum atomic E-state index is 13.0. The third-order valence-electron chi connectivity index (χ3n) is 6.17. The molecule has 1 saturated carbocycles. The highest BCUT2D eigenvalue weighted by Crippen LogP contribution is 2.30. The third kappa shape index (κ3) is 5.02. The molecule has 2 aromatic rings. The number of carbonyl (C=O) groups is 2. The number of rotatable bonds is 7. The molecule has 30 heavy (non-hydrogen) atoms. The summed E-state index contributed by atoms with van der Waals surface area (Å²) in [6.45, 7) is 4.63. The van der Waals surface area contributed by atoms with Gasteiger partial charge in [0.25, 0.3) is 5.91 Å². The molecule has 0 aromatic heterocycles. The van der Waals surface area contributed by atoms with Crippen molar-refractivity contribution in [2.24, 2.45) is 5.92 Å². The zero-order valence-electron chi connectivity index (χ0n) is 18.4. The van der Waals surface area contributed by atoms with Gasteiger partial charge in [0, 0.05) is 31.6 Å². The maximum absolute atomic E-state index is 13.0. The molecular weight excluding hydrogens is 376 g/mol. The van der Waals surface area contributed by atoms with Crippen molar-refractivity contribution in [3.63, 3.8) is 0 Å². The predicted octanol–water partition coefficient (Wildman–Crippen LogP) is 4.44. The Morgan fingerprint density at radius 1 is 1.13 bits per heavy atom. The number of methoxy groups -OCH3 is 1. The lowest BCUT2D eigenvalue weighted by molar-refractivity contribution is -0.120. The van der Waals surface area contributed by atoms with Gasteiger partial charge in [0.1, 0.15) is 5.75 Å². The number of nitrogens with one attached hydrogen (secondary N) is 1. The van der Waals surface area contributed by atoms with E-state index in [0.717, 1.165) is 41.7 Å². The Morgan fingerprint density at radius 2 is 1.87 bits per heavy atom.